The van der Waals surface area contributed by atoms with Crippen molar-refractivity contribution in [3.63, 3.8) is 0 Å². The van der Waals surface area contributed by atoms with E-state index in [0.29, 0.717) is 29.5 Å². The number of anilines is 1. The molecule has 1 unspecified atom stereocenters. The minimum absolute atomic E-state index is 0.240. The fourth-order valence-electron chi connectivity index (χ4n) is 3.31. The van der Waals surface area contributed by atoms with Crippen LogP contribution in [0.15, 0.2) is 6.20 Å². The summed E-state index contributed by atoms with van der Waals surface area (Å²) < 4.78 is 3.52. The van der Waals surface area contributed by atoms with Crippen molar-refractivity contribution in [3.8, 4) is 6.19 Å². The van der Waals surface area contributed by atoms with Crippen LogP contribution in [0.25, 0.3) is 5.03 Å². The number of halogens is 1. The highest BCUT2D eigenvalue weighted by Crippen LogP contribution is 2.29. The lowest BCUT2D eigenvalue weighted by Crippen LogP contribution is -2.27. The second-order valence-electron chi connectivity index (χ2n) is 6.56. The van der Waals surface area contributed by atoms with Gasteiger partial charge >= 0.3 is 0 Å². The van der Waals surface area contributed by atoms with Gasteiger partial charge in [-0.2, -0.15) is 15.3 Å². The van der Waals surface area contributed by atoms with Gasteiger partial charge in [0.1, 0.15) is 17.0 Å². The average molecular weight is 374 g/mol. The predicted octanol–water partition coefficient (Wildman–Crippen LogP) is 1.64. The lowest BCUT2D eigenvalue weighted by molar-refractivity contribution is 0.276. The van der Waals surface area contributed by atoms with Gasteiger partial charge in [-0.15, -0.1) is 5.10 Å². The number of hydrogen-bond donors (Lipinski definition) is 0. The van der Waals surface area contributed by atoms with Crippen molar-refractivity contribution in [2.45, 2.75) is 38.8 Å². The van der Waals surface area contributed by atoms with E-state index in [-0.39, 0.29) is 6.17 Å². The van der Waals surface area contributed by atoms with Crippen LogP contribution in [0, 0.1) is 11.5 Å². The zero-order chi connectivity index (χ0) is 18.3. The van der Waals surface area contributed by atoms with Crippen LogP contribution >= 0.6 is 11.6 Å². The molecular weight excluding hydrogens is 354 g/mol. The van der Waals surface area contributed by atoms with Gasteiger partial charge in [0.25, 0.3) is 0 Å². The van der Waals surface area contributed by atoms with E-state index < -0.39 is 0 Å². The summed E-state index contributed by atoms with van der Waals surface area (Å²) in [4.78, 5) is 12.9. The lowest BCUT2D eigenvalue weighted by Gasteiger charge is -2.25. The Morgan fingerprint density at radius 1 is 1.23 bits per heavy atom. The zero-order valence-corrected chi connectivity index (χ0v) is 15.6. The lowest BCUT2D eigenvalue weighted by atomic mass is 10.3. The number of nitrogens with zero attached hydrogens (tertiary/aromatic N) is 9. The molecule has 0 bridgehead atoms. The summed E-state index contributed by atoms with van der Waals surface area (Å²) >= 11 is 6.23. The first-order chi connectivity index (χ1) is 12.6. The van der Waals surface area contributed by atoms with Gasteiger partial charge in [-0.1, -0.05) is 11.6 Å². The van der Waals surface area contributed by atoms with E-state index in [9.17, 15) is 5.26 Å². The molecule has 1 atom stereocenters. The molecule has 4 rings (SSSR count). The SMILES string of the molecule is CC1N(C#N)C=C(Cl)c2nc(CCc3nc(N4CCCC4)nn3C)nn21. The van der Waals surface area contributed by atoms with Gasteiger partial charge < -0.3 is 4.90 Å². The van der Waals surface area contributed by atoms with Crippen LogP contribution in [-0.4, -0.2) is 47.5 Å². The van der Waals surface area contributed by atoms with Crippen molar-refractivity contribution in [2.75, 3.05) is 18.0 Å². The summed E-state index contributed by atoms with van der Waals surface area (Å²) in [5.41, 5.74) is 0. The number of nitriles is 1. The third kappa shape index (κ3) is 2.90. The maximum absolute atomic E-state index is 9.18. The Morgan fingerprint density at radius 3 is 2.73 bits per heavy atom. The number of rotatable bonds is 4. The molecule has 0 aliphatic carbocycles. The Hall–Kier alpha value is -2.60. The Balaban J connectivity index is 1.49. The molecule has 9 nitrogen and oxygen atoms in total. The summed E-state index contributed by atoms with van der Waals surface area (Å²) in [7, 11) is 1.92. The second kappa shape index (κ2) is 6.61. The standard InChI is InChI=1S/C16H20ClN9/c1-11-25(10-18)9-12(17)15-19-13(21-26(11)15)5-6-14-20-16(22-23(14)2)24-7-3-4-8-24/h9,11H,3-8H2,1-2H3. The summed E-state index contributed by atoms with van der Waals surface area (Å²) in [5.74, 6) is 3.00. The average Bonchev–Trinajstić information content (AvgIpc) is 3.35. The van der Waals surface area contributed by atoms with Crippen molar-refractivity contribution >= 4 is 22.6 Å². The van der Waals surface area contributed by atoms with Gasteiger partial charge in [0.2, 0.25) is 5.95 Å². The van der Waals surface area contributed by atoms with E-state index in [1.807, 2.05) is 18.7 Å². The number of fused-ring (bicyclic) bond motifs is 1. The minimum Gasteiger partial charge on any atom is -0.340 e. The molecular formula is C16H20ClN9. The maximum atomic E-state index is 9.18. The van der Waals surface area contributed by atoms with Gasteiger partial charge in [0, 0.05) is 39.2 Å². The molecule has 0 radical (unpaired) electrons. The van der Waals surface area contributed by atoms with E-state index in [0.717, 1.165) is 24.9 Å². The third-order valence-electron chi connectivity index (χ3n) is 4.82. The van der Waals surface area contributed by atoms with Gasteiger partial charge in [-0.25, -0.2) is 9.67 Å². The molecule has 0 aromatic carbocycles. The van der Waals surface area contributed by atoms with Crippen LogP contribution < -0.4 is 4.90 Å². The monoisotopic (exact) mass is 373 g/mol. The first-order valence-electron chi connectivity index (χ1n) is 8.73. The fourth-order valence-corrected chi connectivity index (χ4v) is 3.54. The molecule has 10 heteroatoms. The van der Waals surface area contributed by atoms with Crippen molar-refractivity contribution in [1.82, 2.24) is 34.4 Å². The van der Waals surface area contributed by atoms with Gasteiger partial charge in [0.15, 0.2) is 17.8 Å². The van der Waals surface area contributed by atoms with Crippen LogP contribution in [0.2, 0.25) is 0 Å². The zero-order valence-electron chi connectivity index (χ0n) is 14.8. The highest BCUT2D eigenvalue weighted by Gasteiger charge is 2.26. The van der Waals surface area contributed by atoms with Gasteiger partial charge in [0.05, 0.1) is 0 Å². The maximum Gasteiger partial charge on any atom is 0.244 e. The molecule has 4 heterocycles. The number of aromatic nitrogens is 6. The Kier molecular flexibility index (Phi) is 4.28. The largest absolute Gasteiger partial charge is 0.340 e. The van der Waals surface area contributed by atoms with Gasteiger partial charge in [-0.3, -0.25) is 9.58 Å². The second-order valence-corrected chi connectivity index (χ2v) is 6.97. The Labute approximate surface area is 156 Å². The first-order valence-corrected chi connectivity index (χ1v) is 9.10. The third-order valence-corrected chi connectivity index (χ3v) is 5.08. The molecule has 1 saturated heterocycles. The molecule has 2 aliphatic heterocycles. The summed E-state index contributed by atoms with van der Waals surface area (Å²) in [6.07, 6.45) is 7.16. The molecule has 136 valence electrons. The smallest absolute Gasteiger partial charge is 0.244 e. The molecule has 0 saturated carbocycles. The predicted molar refractivity (Wildman–Crippen MR) is 95.9 cm³/mol. The summed E-state index contributed by atoms with van der Waals surface area (Å²) in [6.45, 7) is 3.93. The van der Waals surface area contributed by atoms with Gasteiger partial charge in [-0.05, 0) is 19.8 Å². The van der Waals surface area contributed by atoms with Crippen LogP contribution in [0.3, 0.4) is 0 Å². The van der Waals surface area contributed by atoms with Crippen LogP contribution in [0.5, 0.6) is 0 Å². The normalized spacial score (nSPS) is 19.5. The van der Waals surface area contributed by atoms with Crippen molar-refractivity contribution in [3.05, 3.63) is 23.7 Å². The molecule has 0 spiro atoms. The first kappa shape index (κ1) is 16.8. The van der Waals surface area contributed by atoms with Crippen LogP contribution in [-0.2, 0) is 19.9 Å². The molecule has 0 amide bonds. The topological polar surface area (TPSA) is 91.7 Å². The number of hydrogen-bond acceptors (Lipinski definition) is 7. The van der Waals surface area contributed by atoms with Crippen molar-refractivity contribution in [2.24, 2.45) is 7.05 Å². The Morgan fingerprint density at radius 2 is 2.00 bits per heavy atom. The van der Waals surface area contributed by atoms with Crippen molar-refractivity contribution < 1.29 is 0 Å². The molecule has 2 aliphatic rings. The highest BCUT2D eigenvalue weighted by atomic mass is 35.5. The number of aryl methyl sites for hydroxylation is 3. The van der Waals surface area contributed by atoms with E-state index in [4.69, 9.17) is 11.6 Å². The molecule has 0 N–H and O–H groups in total. The minimum atomic E-state index is -0.240. The fraction of sp³-hybridized carbons (Fsp3) is 0.562. The van der Waals surface area contributed by atoms with E-state index in [1.54, 1.807) is 10.9 Å². The molecule has 2 aromatic rings. The quantitative estimate of drug-likeness (QED) is 0.752. The van der Waals surface area contributed by atoms with Crippen molar-refractivity contribution in [1.29, 1.82) is 5.26 Å². The molecule has 26 heavy (non-hydrogen) atoms. The van der Waals surface area contributed by atoms with E-state index in [2.05, 4.69) is 31.3 Å². The summed E-state index contributed by atoms with van der Waals surface area (Å²) in [6, 6.07) is 0. The van der Waals surface area contributed by atoms with E-state index in [1.165, 1.54) is 17.7 Å². The highest BCUT2D eigenvalue weighted by molar-refractivity contribution is 6.48. The molecule has 1 fully saturated rings. The van der Waals surface area contributed by atoms with Crippen LogP contribution in [0.4, 0.5) is 5.95 Å². The van der Waals surface area contributed by atoms with E-state index >= 15 is 0 Å². The van der Waals surface area contributed by atoms with Crippen LogP contribution in [0.1, 0.15) is 43.4 Å². The molecule has 2 aromatic heterocycles. The summed E-state index contributed by atoms with van der Waals surface area (Å²) in [5, 5.41) is 18.6. The Bertz CT molecular complexity index is 884.